The summed E-state index contributed by atoms with van der Waals surface area (Å²) in [6, 6.07) is 7.03. The zero-order valence-corrected chi connectivity index (χ0v) is 17.2. The van der Waals surface area contributed by atoms with Gasteiger partial charge in [0, 0.05) is 5.92 Å². The van der Waals surface area contributed by atoms with Crippen LogP contribution in [0.15, 0.2) is 24.3 Å². The van der Waals surface area contributed by atoms with Crippen LogP contribution in [0, 0.1) is 17.3 Å². The summed E-state index contributed by atoms with van der Waals surface area (Å²) in [4.78, 5) is 24.7. The van der Waals surface area contributed by atoms with E-state index in [-0.39, 0.29) is 29.6 Å². The van der Waals surface area contributed by atoms with Crippen LogP contribution in [0.1, 0.15) is 64.5 Å². The first-order chi connectivity index (χ1) is 12.7. The molecular formula is C22H33NO4. The zero-order chi connectivity index (χ0) is 20.0. The highest BCUT2D eigenvalue weighted by atomic mass is 16.5. The first-order valence-corrected chi connectivity index (χ1v) is 9.75. The Morgan fingerprint density at radius 1 is 1.07 bits per heavy atom. The first kappa shape index (κ1) is 21.3. The van der Waals surface area contributed by atoms with Crippen molar-refractivity contribution in [3.63, 3.8) is 0 Å². The maximum absolute atomic E-state index is 12.8. The molecule has 0 spiro atoms. The van der Waals surface area contributed by atoms with Gasteiger partial charge >= 0.3 is 5.97 Å². The molecule has 0 aromatic heterocycles. The Labute approximate surface area is 162 Å². The van der Waals surface area contributed by atoms with E-state index < -0.39 is 6.04 Å². The van der Waals surface area contributed by atoms with Crippen LogP contribution in [0.2, 0.25) is 0 Å². The molecule has 0 saturated heterocycles. The summed E-state index contributed by atoms with van der Waals surface area (Å²) in [6.07, 6.45) is 4.08. The van der Waals surface area contributed by atoms with Gasteiger partial charge in [0.25, 0.3) is 0 Å². The molecule has 1 aliphatic rings. The molecule has 27 heavy (non-hydrogen) atoms. The van der Waals surface area contributed by atoms with E-state index in [0.29, 0.717) is 5.92 Å². The van der Waals surface area contributed by atoms with E-state index in [2.05, 4.69) is 26.1 Å². The predicted molar refractivity (Wildman–Crippen MR) is 105 cm³/mol. The summed E-state index contributed by atoms with van der Waals surface area (Å²) in [6.45, 7) is 6.82. The summed E-state index contributed by atoms with van der Waals surface area (Å²) < 4.78 is 10.00. The van der Waals surface area contributed by atoms with Gasteiger partial charge in [0.2, 0.25) is 5.91 Å². The van der Waals surface area contributed by atoms with E-state index in [9.17, 15) is 9.59 Å². The summed E-state index contributed by atoms with van der Waals surface area (Å²) >= 11 is 0. The lowest BCUT2D eigenvalue weighted by molar-refractivity contribution is -0.141. The molecule has 2 rings (SSSR count). The fourth-order valence-electron chi connectivity index (χ4n) is 3.85. The average molecular weight is 376 g/mol. The molecule has 0 aliphatic heterocycles. The number of carbonyl (C=O) groups is 2. The summed E-state index contributed by atoms with van der Waals surface area (Å²) in [7, 11) is 2.97. The van der Waals surface area contributed by atoms with Gasteiger partial charge in [-0.25, -0.2) is 0 Å². The van der Waals surface area contributed by atoms with Gasteiger partial charge in [-0.3, -0.25) is 9.59 Å². The van der Waals surface area contributed by atoms with Crippen molar-refractivity contribution in [3.05, 3.63) is 29.8 Å². The number of carbonyl (C=O) groups excluding carboxylic acids is 2. The molecule has 1 amide bonds. The number of rotatable bonds is 6. The number of hydrogen-bond acceptors (Lipinski definition) is 4. The standard InChI is InChI=1S/C22H33NO4/c1-22(2,3)17-10-6-16(7-11-17)21(25)23-19(14-20(24)27-5)15-8-12-18(26-4)13-9-15/h8-9,12-13,16-17,19H,6-7,10-11,14H2,1-5H3,(H,23,25). The Kier molecular flexibility index (Phi) is 7.28. The Morgan fingerprint density at radius 2 is 1.67 bits per heavy atom. The molecule has 0 bridgehead atoms. The quantitative estimate of drug-likeness (QED) is 0.754. The Morgan fingerprint density at radius 3 is 2.15 bits per heavy atom. The second kappa shape index (κ2) is 9.25. The maximum atomic E-state index is 12.8. The lowest BCUT2D eigenvalue weighted by atomic mass is 9.69. The maximum Gasteiger partial charge on any atom is 0.307 e. The molecule has 1 N–H and O–H groups in total. The molecule has 0 radical (unpaired) electrons. The van der Waals surface area contributed by atoms with Gasteiger partial charge in [0.15, 0.2) is 0 Å². The monoisotopic (exact) mass is 375 g/mol. The molecule has 1 aromatic rings. The van der Waals surface area contributed by atoms with Gasteiger partial charge in [-0.2, -0.15) is 0 Å². The van der Waals surface area contributed by atoms with Crippen molar-refractivity contribution in [2.24, 2.45) is 17.3 Å². The lowest BCUT2D eigenvalue weighted by Gasteiger charge is -2.36. The van der Waals surface area contributed by atoms with E-state index in [1.807, 2.05) is 24.3 Å². The molecule has 0 heterocycles. The van der Waals surface area contributed by atoms with Gasteiger partial charge in [0.05, 0.1) is 26.7 Å². The van der Waals surface area contributed by atoms with Gasteiger partial charge in [-0.05, 0) is 54.7 Å². The second-order valence-corrected chi connectivity index (χ2v) is 8.53. The second-order valence-electron chi connectivity index (χ2n) is 8.53. The first-order valence-electron chi connectivity index (χ1n) is 9.75. The fraction of sp³-hybridized carbons (Fsp3) is 0.636. The number of hydrogen-bond donors (Lipinski definition) is 1. The molecule has 1 aliphatic carbocycles. The van der Waals surface area contributed by atoms with Crippen LogP contribution in [0.4, 0.5) is 0 Å². The third-order valence-corrected chi connectivity index (χ3v) is 5.76. The summed E-state index contributed by atoms with van der Waals surface area (Å²) in [5.41, 5.74) is 1.16. The van der Waals surface area contributed by atoms with Gasteiger partial charge < -0.3 is 14.8 Å². The van der Waals surface area contributed by atoms with Crippen LogP contribution in [-0.2, 0) is 14.3 Å². The topological polar surface area (TPSA) is 64.6 Å². The molecule has 5 nitrogen and oxygen atoms in total. The van der Waals surface area contributed by atoms with E-state index in [1.54, 1.807) is 7.11 Å². The van der Waals surface area contributed by atoms with Crippen molar-refractivity contribution in [2.75, 3.05) is 14.2 Å². The number of benzene rings is 1. The highest BCUT2D eigenvalue weighted by molar-refractivity contribution is 5.80. The Hall–Kier alpha value is -2.04. The highest BCUT2D eigenvalue weighted by Gasteiger charge is 2.33. The molecule has 1 fully saturated rings. The van der Waals surface area contributed by atoms with Crippen molar-refractivity contribution >= 4 is 11.9 Å². The third kappa shape index (κ3) is 5.98. The molecular weight excluding hydrogens is 342 g/mol. The normalized spacial score (nSPS) is 21.2. The number of esters is 1. The highest BCUT2D eigenvalue weighted by Crippen LogP contribution is 2.40. The van der Waals surface area contributed by atoms with Crippen molar-refractivity contribution in [1.82, 2.24) is 5.32 Å². The van der Waals surface area contributed by atoms with Crippen LogP contribution in [-0.4, -0.2) is 26.1 Å². The SMILES string of the molecule is COC(=O)CC(NC(=O)C1CCC(C(C)(C)C)CC1)c1ccc(OC)cc1. The average Bonchev–Trinajstić information content (AvgIpc) is 2.66. The lowest BCUT2D eigenvalue weighted by Crippen LogP contribution is -2.38. The molecule has 1 atom stereocenters. The molecule has 1 saturated carbocycles. The summed E-state index contributed by atoms with van der Waals surface area (Å²) in [5, 5.41) is 3.08. The van der Waals surface area contributed by atoms with Crippen LogP contribution >= 0.6 is 0 Å². The van der Waals surface area contributed by atoms with Gasteiger partial charge in [-0.1, -0.05) is 32.9 Å². The molecule has 1 aromatic carbocycles. The Balaban J connectivity index is 2.03. The van der Waals surface area contributed by atoms with Crippen molar-refractivity contribution in [1.29, 1.82) is 0 Å². The fourth-order valence-corrected chi connectivity index (χ4v) is 3.85. The number of ether oxygens (including phenoxy) is 2. The van der Waals surface area contributed by atoms with Gasteiger partial charge in [0.1, 0.15) is 5.75 Å². The minimum atomic E-state index is -0.392. The van der Waals surface area contributed by atoms with E-state index in [1.165, 1.54) is 7.11 Å². The van der Waals surface area contributed by atoms with Crippen LogP contribution in [0.25, 0.3) is 0 Å². The molecule has 1 unspecified atom stereocenters. The van der Waals surface area contributed by atoms with Crippen LogP contribution < -0.4 is 10.1 Å². The third-order valence-electron chi connectivity index (χ3n) is 5.76. The summed E-state index contributed by atoms with van der Waals surface area (Å²) in [5.74, 6) is 1.11. The largest absolute Gasteiger partial charge is 0.497 e. The number of methoxy groups -OCH3 is 2. The Bertz CT molecular complexity index is 625. The predicted octanol–water partition coefficient (Wildman–Crippen LogP) is 4.27. The van der Waals surface area contributed by atoms with E-state index in [4.69, 9.17) is 9.47 Å². The van der Waals surface area contributed by atoms with Gasteiger partial charge in [-0.15, -0.1) is 0 Å². The minimum Gasteiger partial charge on any atom is -0.497 e. The van der Waals surface area contributed by atoms with E-state index >= 15 is 0 Å². The van der Waals surface area contributed by atoms with Crippen LogP contribution in [0.3, 0.4) is 0 Å². The van der Waals surface area contributed by atoms with Crippen molar-refractivity contribution in [2.45, 2.75) is 58.9 Å². The zero-order valence-electron chi connectivity index (χ0n) is 17.2. The number of amides is 1. The minimum absolute atomic E-state index is 0.0157. The number of nitrogens with one attached hydrogen (secondary N) is 1. The smallest absolute Gasteiger partial charge is 0.307 e. The molecule has 5 heteroatoms. The molecule has 150 valence electrons. The van der Waals surface area contributed by atoms with Crippen LogP contribution in [0.5, 0.6) is 5.75 Å². The van der Waals surface area contributed by atoms with Crippen molar-refractivity contribution in [3.8, 4) is 5.75 Å². The van der Waals surface area contributed by atoms with Crippen molar-refractivity contribution < 1.29 is 19.1 Å². The van der Waals surface area contributed by atoms with E-state index in [0.717, 1.165) is 37.0 Å².